The summed E-state index contributed by atoms with van der Waals surface area (Å²) in [5, 5.41) is 3.42. The molecule has 0 bridgehead atoms. The summed E-state index contributed by atoms with van der Waals surface area (Å²) in [5.74, 6) is 0. The molecule has 2 aromatic heterocycles. The zero-order valence-electron chi connectivity index (χ0n) is 11.8. The summed E-state index contributed by atoms with van der Waals surface area (Å²) >= 11 is 0. The predicted molar refractivity (Wildman–Crippen MR) is 77.2 cm³/mol. The van der Waals surface area contributed by atoms with Crippen LogP contribution >= 0.6 is 0 Å². The van der Waals surface area contributed by atoms with Gasteiger partial charge in [0.25, 0.3) is 0 Å². The predicted octanol–water partition coefficient (Wildman–Crippen LogP) is 2.63. The number of hydrogen-bond acceptors (Lipinski definition) is 3. The average Bonchev–Trinajstić information content (AvgIpc) is 2.79. The van der Waals surface area contributed by atoms with E-state index in [9.17, 15) is 0 Å². The molecule has 2 aromatic rings. The van der Waals surface area contributed by atoms with Crippen molar-refractivity contribution in [3.63, 3.8) is 0 Å². The molecule has 19 heavy (non-hydrogen) atoms. The number of imidazole rings is 1. The van der Waals surface area contributed by atoms with Gasteiger partial charge in [-0.2, -0.15) is 0 Å². The maximum absolute atomic E-state index is 5.50. The Labute approximate surface area is 114 Å². The van der Waals surface area contributed by atoms with E-state index in [2.05, 4.69) is 30.3 Å². The van der Waals surface area contributed by atoms with Gasteiger partial charge in [-0.05, 0) is 45.4 Å². The second-order valence-electron chi connectivity index (χ2n) is 5.00. The second kappa shape index (κ2) is 7.26. The Kier molecular flexibility index (Phi) is 5.36. The SMILES string of the molecule is CC(C)OCCCCNCc1cn2ccccc2n1. The van der Waals surface area contributed by atoms with Crippen LogP contribution in [-0.2, 0) is 11.3 Å². The number of nitrogens with zero attached hydrogens (tertiary/aromatic N) is 2. The zero-order chi connectivity index (χ0) is 13.5. The summed E-state index contributed by atoms with van der Waals surface area (Å²) in [7, 11) is 0. The highest BCUT2D eigenvalue weighted by molar-refractivity contribution is 5.39. The number of ether oxygens (including phenoxy) is 1. The summed E-state index contributed by atoms with van der Waals surface area (Å²) in [6.07, 6.45) is 6.68. The van der Waals surface area contributed by atoms with Gasteiger partial charge in [-0.1, -0.05) is 6.07 Å². The third-order valence-electron chi connectivity index (χ3n) is 2.92. The van der Waals surface area contributed by atoms with Crippen molar-refractivity contribution in [1.82, 2.24) is 14.7 Å². The van der Waals surface area contributed by atoms with E-state index >= 15 is 0 Å². The van der Waals surface area contributed by atoms with E-state index < -0.39 is 0 Å². The minimum Gasteiger partial charge on any atom is -0.379 e. The van der Waals surface area contributed by atoms with Gasteiger partial charge in [0.05, 0.1) is 11.8 Å². The normalized spacial score (nSPS) is 11.5. The number of nitrogens with one attached hydrogen (secondary N) is 1. The van der Waals surface area contributed by atoms with Gasteiger partial charge in [0.2, 0.25) is 0 Å². The molecule has 4 nitrogen and oxygen atoms in total. The topological polar surface area (TPSA) is 38.6 Å². The fourth-order valence-electron chi connectivity index (χ4n) is 1.96. The van der Waals surface area contributed by atoms with Crippen molar-refractivity contribution in [2.75, 3.05) is 13.2 Å². The zero-order valence-corrected chi connectivity index (χ0v) is 11.8. The van der Waals surface area contributed by atoms with Crippen LogP contribution in [0.15, 0.2) is 30.6 Å². The van der Waals surface area contributed by atoms with Crippen molar-refractivity contribution >= 4 is 5.65 Å². The molecular formula is C15H23N3O. The van der Waals surface area contributed by atoms with Gasteiger partial charge in [0, 0.05) is 25.5 Å². The molecule has 2 rings (SSSR count). The lowest BCUT2D eigenvalue weighted by Gasteiger charge is -2.07. The first-order valence-corrected chi connectivity index (χ1v) is 7.00. The van der Waals surface area contributed by atoms with Crippen LogP contribution in [0.5, 0.6) is 0 Å². The summed E-state index contributed by atoms with van der Waals surface area (Å²) in [5.41, 5.74) is 2.09. The van der Waals surface area contributed by atoms with E-state index in [-0.39, 0.29) is 0 Å². The first-order valence-electron chi connectivity index (χ1n) is 7.00. The summed E-state index contributed by atoms with van der Waals surface area (Å²) in [6, 6.07) is 6.04. The monoisotopic (exact) mass is 261 g/mol. The van der Waals surface area contributed by atoms with Crippen LogP contribution in [-0.4, -0.2) is 28.6 Å². The van der Waals surface area contributed by atoms with E-state index in [0.29, 0.717) is 6.10 Å². The Hall–Kier alpha value is -1.39. The number of rotatable bonds is 8. The number of pyridine rings is 1. The van der Waals surface area contributed by atoms with Crippen molar-refractivity contribution in [2.45, 2.75) is 39.3 Å². The van der Waals surface area contributed by atoms with Gasteiger partial charge in [0.1, 0.15) is 5.65 Å². The van der Waals surface area contributed by atoms with Crippen molar-refractivity contribution < 1.29 is 4.74 Å². The van der Waals surface area contributed by atoms with Gasteiger partial charge < -0.3 is 14.5 Å². The van der Waals surface area contributed by atoms with Crippen LogP contribution in [0.25, 0.3) is 5.65 Å². The smallest absolute Gasteiger partial charge is 0.137 e. The van der Waals surface area contributed by atoms with Crippen LogP contribution in [0.4, 0.5) is 0 Å². The Bertz CT molecular complexity index is 460. The number of fused-ring (bicyclic) bond motifs is 1. The molecule has 0 unspecified atom stereocenters. The molecule has 0 aliphatic rings. The van der Waals surface area contributed by atoms with Crippen LogP contribution in [0.1, 0.15) is 32.4 Å². The summed E-state index contributed by atoms with van der Waals surface area (Å²) in [4.78, 5) is 4.55. The van der Waals surface area contributed by atoms with Crippen molar-refractivity contribution in [1.29, 1.82) is 0 Å². The molecule has 0 radical (unpaired) electrons. The molecule has 2 heterocycles. The molecule has 0 atom stereocenters. The summed E-state index contributed by atoms with van der Waals surface area (Å²) < 4.78 is 7.55. The highest BCUT2D eigenvalue weighted by Gasteiger charge is 2.00. The van der Waals surface area contributed by atoms with Crippen molar-refractivity contribution in [3.05, 3.63) is 36.3 Å². The van der Waals surface area contributed by atoms with Crippen LogP contribution in [0.2, 0.25) is 0 Å². The van der Waals surface area contributed by atoms with Gasteiger partial charge in [-0.15, -0.1) is 0 Å². The molecule has 0 saturated heterocycles. The highest BCUT2D eigenvalue weighted by Crippen LogP contribution is 2.04. The standard InChI is InChI=1S/C15H23N3O/c1-13(2)19-10-6-4-8-16-11-14-12-18-9-5-3-7-15(18)17-14/h3,5,7,9,12-13,16H,4,6,8,10-11H2,1-2H3. The average molecular weight is 261 g/mol. The minimum atomic E-state index is 0.339. The third kappa shape index (κ3) is 4.65. The molecule has 104 valence electrons. The summed E-state index contributed by atoms with van der Waals surface area (Å²) in [6.45, 7) is 6.83. The van der Waals surface area contributed by atoms with Crippen LogP contribution < -0.4 is 5.32 Å². The van der Waals surface area contributed by atoms with Gasteiger partial charge in [-0.25, -0.2) is 4.98 Å². The van der Waals surface area contributed by atoms with Crippen LogP contribution in [0.3, 0.4) is 0 Å². The molecule has 0 spiro atoms. The molecule has 1 N–H and O–H groups in total. The molecule has 0 fully saturated rings. The van der Waals surface area contributed by atoms with Gasteiger partial charge in [-0.3, -0.25) is 0 Å². The Morgan fingerprint density at radius 3 is 3.00 bits per heavy atom. The lowest BCUT2D eigenvalue weighted by molar-refractivity contribution is 0.0760. The van der Waals surface area contributed by atoms with Crippen LogP contribution in [0, 0.1) is 0 Å². The van der Waals surface area contributed by atoms with E-state index in [1.807, 2.05) is 28.8 Å². The van der Waals surface area contributed by atoms with Gasteiger partial charge in [0.15, 0.2) is 0 Å². The minimum absolute atomic E-state index is 0.339. The fraction of sp³-hybridized carbons (Fsp3) is 0.533. The second-order valence-corrected chi connectivity index (χ2v) is 5.00. The maximum atomic E-state index is 5.50. The third-order valence-corrected chi connectivity index (χ3v) is 2.92. The Morgan fingerprint density at radius 1 is 1.32 bits per heavy atom. The van der Waals surface area contributed by atoms with E-state index in [1.165, 1.54) is 0 Å². The first kappa shape index (κ1) is 14.0. The number of aromatic nitrogens is 2. The first-order chi connectivity index (χ1) is 9.25. The van der Waals surface area contributed by atoms with Gasteiger partial charge >= 0.3 is 0 Å². The highest BCUT2D eigenvalue weighted by atomic mass is 16.5. The molecule has 0 aromatic carbocycles. The lowest BCUT2D eigenvalue weighted by Crippen LogP contribution is -2.15. The molecule has 0 aliphatic carbocycles. The lowest BCUT2D eigenvalue weighted by atomic mass is 10.3. The quantitative estimate of drug-likeness (QED) is 0.742. The maximum Gasteiger partial charge on any atom is 0.137 e. The molecule has 0 amide bonds. The fourth-order valence-corrected chi connectivity index (χ4v) is 1.96. The molecule has 4 heteroatoms. The largest absolute Gasteiger partial charge is 0.379 e. The molecule has 0 aliphatic heterocycles. The van der Waals surface area contributed by atoms with E-state index in [0.717, 1.165) is 43.9 Å². The van der Waals surface area contributed by atoms with E-state index in [4.69, 9.17) is 4.74 Å². The molecular weight excluding hydrogens is 238 g/mol. The van der Waals surface area contributed by atoms with Crippen molar-refractivity contribution in [3.8, 4) is 0 Å². The Morgan fingerprint density at radius 2 is 2.21 bits per heavy atom. The van der Waals surface area contributed by atoms with E-state index in [1.54, 1.807) is 0 Å². The number of unbranched alkanes of at least 4 members (excludes halogenated alkanes) is 1. The number of hydrogen-bond donors (Lipinski definition) is 1. The molecule has 0 saturated carbocycles. The van der Waals surface area contributed by atoms with Crippen molar-refractivity contribution in [2.24, 2.45) is 0 Å². The Balaban J connectivity index is 1.63.